The first-order valence-corrected chi connectivity index (χ1v) is 10.5. The maximum atomic E-state index is 5.25. The fourth-order valence-corrected chi connectivity index (χ4v) is 5.81. The molecule has 0 N–H and O–H groups in total. The van der Waals surface area contributed by atoms with Crippen LogP contribution in [0.4, 0.5) is 0 Å². The van der Waals surface area contributed by atoms with Crippen molar-refractivity contribution in [1.82, 2.24) is 14.4 Å². The molecular weight excluding hydrogens is 354 g/mol. The fraction of sp³-hybridized carbons (Fsp3) is 0.154. The van der Waals surface area contributed by atoms with Crippen LogP contribution >= 0.6 is 0 Å². The molecule has 0 radical (unpaired) electrons. The van der Waals surface area contributed by atoms with Crippen LogP contribution in [0.2, 0.25) is 0 Å². The molecule has 1 aliphatic heterocycles. The van der Waals surface area contributed by atoms with Crippen molar-refractivity contribution in [1.29, 1.82) is 0 Å². The third kappa shape index (κ3) is 1.56. The normalized spacial score (nSPS) is 15.0. The summed E-state index contributed by atoms with van der Waals surface area (Å²) in [5.41, 5.74) is 10.8. The van der Waals surface area contributed by atoms with Crippen LogP contribution in [0.5, 0.6) is 0 Å². The van der Waals surface area contributed by atoms with Crippen molar-refractivity contribution in [2.24, 2.45) is 0 Å². The van der Waals surface area contributed by atoms with Gasteiger partial charge in [-0.05, 0) is 25.7 Å². The Balaban J connectivity index is 1.73. The quantitative estimate of drug-likeness (QED) is 0.320. The molecule has 0 bridgehead atoms. The minimum absolute atomic E-state index is 1.05. The summed E-state index contributed by atoms with van der Waals surface area (Å²) in [5, 5.41) is 5.28. The predicted octanol–water partition coefficient (Wildman–Crippen LogP) is 6.15. The lowest BCUT2D eigenvalue weighted by Crippen LogP contribution is -2.10. The number of aromatic nitrogens is 3. The molecule has 29 heavy (non-hydrogen) atoms. The Morgan fingerprint density at radius 3 is 1.52 bits per heavy atom. The second-order valence-electron chi connectivity index (χ2n) is 8.46. The smallest absolute Gasteiger partial charge is 0.0990 e. The summed E-state index contributed by atoms with van der Waals surface area (Å²) in [6.45, 7) is 0. The molecule has 3 heteroatoms. The monoisotopic (exact) mass is 371 g/mol. The van der Waals surface area contributed by atoms with Crippen LogP contribution in [0, 0.1) is 0 Å². The van der Waals surface area contributed by atoms with Gasteiger partial charge in [-0.15, -0.1) is 0 Å². The Morgan fingerprint density at radius 1 is 0.552 bits per heavy atom. The van der Waals surface area contributed by atoms with Crippen molar-refractivity contribution in [2.45, 2.75) is 25.7 Å². The molecular formula is C26H17N3. The third-order valence-electron chi connectivity index (χ3n) is 7.00. The standard InChI is InChI=1S/C26H17N3/c1-2-13-21-20(12-1)27-22-18-10-4-8-16-14-6-3-7-15-17-9-5-11-19(23(22)28-21)26(17)29(24(14)15)25(16)18/h3-11H,1-2,12-13H2. The zero-order chi connectivity index (χ0) is 18.7. The molecule has 3 aromatic heterocycles. The molecule has 8 rings (SSSR count). The highest BCUT2D eigenvalue weighted by Crippen LogP contribution is 2.48. The molecule has 0 amide bonds. The van der Waals surface area contributed by atoms with Gasteiger partial charge in [-0.2, -0.15) is 0 Å². The second kappa shape index (κ2) is 4.74. The van der Waals surface area contributed by atoms with Crippen molar-refractivity contribution in [3.05, 3.63) is 66.0 Å². The number of hydrogen-bond acceptors (Lipinski definition) is 2. The Labute approximate surface area is 167 Å². The second-order valence-corrected chi connectivity index (χ2v) is 8.46. The van der Waals surface area contributed by atoms with Crippen molar-refractivity contribution >= 4 is 38.1 Å². The van der Waals surface area contributed by atoms with Crippen LogP contribution in [-0.4, -0.2) is 14.4 Å². The summed E-state index contributed by atoms with van der Waals surface area (Å²) in [6, 6.07) is 20.0. The first kappa shape index (κ1) is 14.5. The highest BCUT2D eigenvalue weighted by molar-refractivity contribution is 6.27. The molecule has 0 saturated carbocycles. The van der Waals surface area contributed by atoms with E-state index in [0.29, 0.717) is 0 Å². The fourth-order valence-electron chi connectivity index (χ4n) is 5.81. The average Bonchev–Trinajstić information content (AvgIpc) is 3.26. The maximum Gasteiger partial charge on any atom is 0.0990 e. The summed E-state index contributed by atoms with van der Waals surface area (Å²) in [4.78, 5) is 10.5. The lowest BCUT2D eigenvalue weighted by Gasteiger charge is -2.17. The number of aryl methyl sites for hydroxylation is 2. The first-order valence-electron chi connectivity index (χ1n) is 10.5. The van der Waals surface area contributed by atoms with E-state index in [2.05, 4.69) is 59.0 Å². The van der Waals surface area contributed by atoms with Crippen molar-refractivity contribution < 1.29 is 0 Å². The van der Waals surface area contributed by atoms with Gasteiger partial charge in [0.2, 0.25) is 0 Å². The highest BCUT2D eigenvalue weighted by Gasteiger charge is 2.28. The first-order chi connectivity index (χ1) is 14.4. The van der Waals surface area contributed by atoms with E-state index in [1.165, 1.54) is 73.5 Å². The van der Waals surface area contributed by atoms with Crippen molar-refractivity contribution in [3.8, 4) is 22.5 Å². The zero-order valence-corrected chi connectivity index (χ0v) is 15.9. The Morgan fingerprint density at radius 2 is 1.00 bits per heavy atom. The minimum Gasteiger partial charge on any atom is -0.307 e. The van der Waals surface area contributed by atoms with Crippen LogP contribution in [0.15, 0.2) is 54.6 Å². The van der Waals surface area contributed by atoms with E-state index in [9.17, 15) is 0 Å². The summed E-state index contributed by atoms with van der Waals surface area (Å²) in [5.74, 6) is 0. The van der Waals surface area contributed by atoms with E-state index in [1.54, 1.807) is 0 Å². The molecule has 6 aromatic rings. The molecule has 0 fully saturated rings. The van der Waals surface area contributed by atoms with E-state index in [4.69, 9.17) is 9.97 Å². The highest BCUT2D eigenvalue weighted by atomic mass is 14.9. The molecule has 3 nitrogen and oxygen atoms in total. The van der Waals surface area contributed by atoms with E-state index in [1.807, 2.05) is 0 Å². The Kier molecular flexibility index (Phi) is 2.38. The molecule has 1 aliphatic carbocycles. The number of nitrogens with zero attached hydrogens (tertiary/aromatic N) is 3. The van der Waals surface area contributed by atoms with Crippen LogP contribution in [0.25, 0.3) is 60.6 Å². The van der Waals surface area contributed by atoms with Gasteiger partial charge >= 0.3 is 0 Å². The lowest BCUT2D eigenvalue weighted by atomic mass is 9.97. The van der Waals surface area contributed by atoms with Gasteiger partial charge in [-0.1, -0.05) is 54.6 Å². The SMILES string of the molecule is c1cc2c3c(c1)c1cccc4c5cccc(c5n3c14)-c1nc3c(nc1-2)CCCC3. The van der Waals surface area contributed by atoms with E-state index in [-0.39, 0.29) is 0 Å². The van der Waals surface area contributed by atoms with Crippen LogP contribution in [-0.2, 0) is 12.8 Å². The maximum absolute atomic E-state index is 5.25. The molecule has 136 valence electrons. The van der Waals surface area contributed by atoms with E-state index >= 15 is 0 Å². The van der Waals surface area contributed by atoms with E-state index in [0.717, 1.165) is 24.2 Å². The van der Waals surface area contributed by atoms with Gasteiger partial charge in [0.1, 0.15) is 0 Å². The summed E-state index contributed by atoms with van der Waals surface area (Å²) >= 11 is 0. The Hall–Kier alpha value is -3.46. The van der Waals surface area contributed by atoms with Gasteiger partial charge in [0.15, 0.2) is 0 Å². The molecule has 0 unspecified atom stereocenters. The van der Waals surface area contributed by atoms with Gasteiger partial charge in [-0.25, -0.2) is 9.97 Å². The number of fused-ring (bicyclic) bond motifs is 6. The van der Waals surface area contributed by atoms with E-state index < -0.39 is 0 Å². The molecule has 0 atom stereocenters. The molecule has 3 aromatic carbocycles. The summed E-state index contributed by atoms with van der Waals surface area (Å²) in [6.07, 6.45) is 4.53. The lowest BCUT2D eigenvalue weighted by molar-refractivity contribution is 0.651. The van der Waals surface area contributed by atoms with Gasteiger partial charge in [0.05, 0.1) is 39.3 Å². The Bertz CT molecular complexity index is 1540. The average molecular weight is 371 g/mol. The number of para-hydroxylation sites is 3. The number of rotatable bonds is 0. The predicted molar refractivity (Wildman–Crippen MR) is 118 cm³/mol. The van der Waals surface area contributed by atoms with Gasteiger partial charge in [-0.3, -0.25) is 0 Å². The van der Waals surface area contributed by atoms with Gasteiger partial charge in [0.25, 0.3) is 0 Å². The summed E-state index contributed by atoms with van der Waals surface area (Å²) in [7, 11) is 0. The summed E-state index contributed by atoms with van der Waals surface area (Å²) < 4.78 is 2.49. The van der Waals surface area contributed by atoms with Crippen molar-refractivity contribution in [3.63, 3.8) is 0 Å². The molecule has 2 aliphatic rings. The van der Waals surface area contributed by atoms with Gasteiger partial charge < -0.3 is 4.40 Å². The van der Waals surface area contributed by atoms with Gasteiger partial charge in [0, 0.05) is 32.7 Å². The third-order valence-corrected chi connectivity index (χ3v) is 7.00. The number of benzene rings is 3. The van der Waals surface area contributed by atoms with Crippen LogP contribution in [0.3, 0.4) is 0 Å². The molecule has 0 saturated heterocycles. The number of hydrogen-bond donors (Lipinski definition) is 0. The van der Waals surface area contributed by atoms with Crippen LogP contribution < -0.4 is 0 Å². The zero-order valence-electron chi connectivity index (χ0n) is 15.9. The molecule has 4 heterocycles. The topological polar surface area (TPSA) is 30.2 Å². The minimum atomic E-state index is 1.05. The van der Waals surface area contributed by atoms with Crippen LogP contribution in [0.1, 0.15) is 24.2 Å². The molecule has 0 spiro atoms. The largest absolute Gasteiger partial charge is 0.307 e. The van der Waals surface area contributed by atoms with Crippen molar-refractivity contribution in [2.75, 3.05) is 0 Å².